The summed E-state index contributed by atoms with van der Waals surface area (Å²) >= 11 is 1.94. The van der Waals surface area contributed by atoms with Gasteiger partial charge in [0.05, 0.1) is 6.17 Å². The Morgan fingerprint density at radius 1 is 1.75 bits per heavy atom. The van der Waals surface area contributed by atoms with Gasteiger partial charge in [0.2, 0.25) is 0 Å². The summed E-state index contributed by atoms with van der Waals surface area (Å²) in [6.45, 7) is 2.20. The van der Waals surface area contributed by atoms with Crippen LogP contribution in [0.5, 0.6) is 0 Å². The fraction of sp³-hybridized carbons (Fsp3) is 1.00. The van der Waals surface area contributed by atoms with Crippen molar-refractivity contribution in [3.8, 4) is 0 Å². The summed E-state index contributed by atoms with van der Waals surface area (Å²) in [6, 6.07) is 0. The molecule has 0 spiro atoms. The molecule has 0 saturated carbocycles. The van der Waals surface area contributed by atoms with E-state index in [1.165, 1.54) is 5.75 Å². The van der Waals surface area contributed by atoms with Crippen molar-refractivity contribution < 1.29 is 0 Å². The van der Waals surface area contributed by atoms with Crippen LogP contribution in [-0.4, -0.2) is 16.7 Å². The first-order valence-corrected chi connectivity index (χ1v) is 3.76. The summed E-state index contributed by atoms with van der Waals surface area (Å²) in [7, 11) is 0. The maximum Gasteiger partial charge on any atom is 0.0534 e. The van der Waals surface area contributed by atoms with E-state index in [0.717, 1.165) is 6.42 Å². The van der Waals surface area contributed by atoms with Crippen molar-refractivity contribution in [3.63, 3.8) is 0 Å². The largest absolute Gasteiger partial charge is 0.316 e. The second-order valence-corrected chi connectivity index (χ2v) is 4.17. The lowest BCUT2D eigenvalue weighted by Gasteiger charge is -2.08. The first-order valence-electron chi connectivity index (χ1n) is 2.77. The minimum Gasteiger partial charge on any atom is -0.316 e. The highest BCUT2D eigenvalue weighted by atomic mass is 32.2. The molecule has 1 atom stereocenters. The average molecular weight is 132 g/mol. The van der Waals surface area contributed by atoms with E-state index in [0.29, 0.717) is 4.75 Å². The second kappa shape index (κ2) is 1.90. The highest BCUT2D eigenvalue weighted by Gasteiger charge is 2.38. The standard InChI is InChI=1S/C5H12N2S/c1-5(3-8-5)2-4(6)7/h4H,2-3,6-7H2,1H3. The third-order valence-corrected chi connectivity index (χ3v) is 2.75. The van der Waals surface area contributed by atoms with Gasteiger partial charge in [-0.1, -0.05) is 0 Å². The smallest absolute Gasteiger partial charge is 0.0534 e. The van der Waals surface area contributed by atoms with Crippen molar-refractivity contribution in [1.82, 2.24) is 0 Å². The maximum absolute atomic E-state index is 5.38. The van der Waals surface area contributed by atoms with Crippen LogP contribution in [0.2, 0.25) is 0 Å². The van der Waals surface area contributed by atoms with Gasteiger partial charge in [0.25, 0.3) is 0 Å². The van der Waals surface area contributed by atoms with Crippen LogP contribution >= 0.6 is 11.8 Å². The van der Waals surface area contributed by atoms with Gasteiger partial charge in [-0.2, -0.15) is 11.8 Å². The highest BCUT2D eigenvalue weighted by Crippen LogP contribution is 2.46. The molecule has 48 valence electrons. The molecule has 3 heteroatoms. The summed E-state index contributed by atoms with van der Waals surface area (Å²) in [6.07, 6.45) is 0.840. The molecule has 0 aromatic carbocycles. The van der Waals surface area contributed by atoms with Crippen LogP contribution in [0.15, 0.2) is 0 Å². The zero-order chi connectivity index (χ0) is 6.20. The average Bonchev–Trinajstić information content (AvgIpc) is 2.17. The fourth-order valence-electron chi connectivity index (χ4n) is 0.740. The Labute approximate surface area is 54.0 Å². The van der Waals surface area contributed by atoms with Crippen LogP contribution in [-0.2, 0) is 0 Å². The number of nitrogens with two attached hydrogens (primary N) is 2. The number of hydrogen-bond donors (Lipinski definition) is 2. The first-order chi connectivity index (χ1) is 3.62. The van der Waals surface area contributed by atoms with Crippen molar-refractivity contribution in [2.45, 2.75) is 24.3 Å². The summed E-state index contributed by atoms with van der Waals surface area (Å²) in [5.74, 6) is 1.23. The van der Waals surface area contributed by atoms with Crippen molar-refractivity contribution in [2.24, 2.45) is 11.5 Å². The van der Waals surface area contributed by atoms with Gasteiger partial charge >= 0.3 is 0 Å². The van der Waals surface area contributed by atoms with Gasteiger partial charge in [0, 0.05) is 10.5 Å². The molecule has 1 aliphatic heterocycles. The van der Waals surface area contributed by atoms with Crippen LogP contribution in [0.25, 0.3) is 0 Å². The first kappa shape index (κ1) is 6.39. The Bertz CT molecular complexity index is 88.4. The molecule has 0 bridgehead atoms. The van der Waals surface area contributed by atoms with Gasteiger partial charge in [-0.05, 0) is 13.3 Å². The molecule has 0 aromatic rings. The van der Waals surface area contributed by atoms with Crippen molar-refractivity contribution in [1.29, 1.82) is 0 Å². The molecule has 1 unspecified atom stereocenters. The maximum atomic E-state index is 5.38. The van der Waals surface area contributed by atoms with E-state index >= 15 is 0 Å². The number of rotatable bonds is 2. The zero-order valence-corrected chi connectivity index (χ0v) is 5.87. The molecule has 1 aliphatic rings. The third-order valence-electron chi connectivity index (χ3n) is 1.30. The predicted octanol–water partition coefficient (Wildman–Crippen LogP) is 0.125. The van der Waals surface area contributed by atoms with Crippen LogP contribution in [0.3, 0.4) is 0 Å². The lowest BCUT2D eigenvalue weighted by atomic mass is 10.1. The molecule has 1 heterocycles. The van der Waals surface area contributed by atoms with E-state index in [1.54, 1.807) is 0 Å². The van der Waals surface area contributed by atoms with Crippen LogP contribution < -0.4 is 11.5 Å². The van der Waals surface area contributed by atoms with Crippen LogP contribution in [0.4, 0.5) is 0 Å². The van der Waals surface area contributed by atoms with Gasteiger partial charge in [0.1, 0.15) is 0 Å². The minimum absolute atomic E-state index is 0.116. The second-order valence-electron chi connectivity index (χ2n) is 2.61. The number of thioether (sulfide) groups is 1. The summed E-state index contributed by atoms with van der Waals surface area (Å²) in [4.78, 5) is 0. The van der Waals surface area contributed by atoms with Gasteiger partial charge in [0.15, 0.2) is 0 Å². The Balaban J connectivity index is 2.19. The molecule has 2 nitrogen and oxygen atoms in total. The van der Waals surface area contributed by atoms with E-state index in [2.05, 4.69) is 6.92 Å². The van der Waals surface area contributed by atoms with E-state index < -0.39 is 0 Å². The molecule has 1 rings (SSSR count). The molecule has 0 radical (unpaired) electrons. The minimum atomic E-state index is -0.116. The van der Waals surface area contributed by atoms with E-state index in [4.69, 9.17) is 11.5 Å². The summed E-state index contributed by atoms with van der Waals surface area (Å²) in [5.41, 5.74) is 10.8. The molecule has 1 fully saturated rings. The van der Waals surface area contributed by atoms with Crippen molar-refractivity contribution in [2.75, 3.05) is 5.75 Å². The Kier molecular flexibility index (Phi) is 1.52. The summed E-state index contributed by atoms with van der Waals surface area (Å²) < 4.78 is 0.439. The molecule has 0 aromatic heterocycles. The Morgan fingerprint density at radius 3 is 2.38 bits per heavy atom. The van der Waals surface area contributed by atoms with E-state index in [1.807, 2.05) is 11.8 Å². The van der Waals surface area contributed by atoms with Crippen molar-refractivity contribution in [3.05, 3.63) is 0 Å². The molecular weight excluding hydrogens is 120 g/mol. The van der Waals surface area contributed by atoms with Gasteiger partial charge in [-0.15, -0.1) is 0 Å². The lowest BCUT2D eigenvalue weighted by molar-refractivity contribution is 0.580. The van der Waals surface area contributed by atoms with E-state index in [9.17, 15) is 0 Å². The zero-order valence-electron chi connectivity index (χ0n) is 5.05. The third kappa shape index (κ3) is 1.65. The summed E-state index contributed by atoms with van der Waals surface area (Å²) in [5, 5.41) is 0. The fourth-order valence-corrected chi connectivity index (χ4v) is 1.41. The predicted molar refractivity (Wildman–Crippen MR) is 37.6 cm³/mol. The van der Waals surface area contributed by atoms with Crippen LogP contribution in [0, 0.1) is 0 Å². The molecule has 0 aliphatic carbocycles. The SMILES string of the molecule is CC1(CC(N)N)CS1. The molecule has 8 heavy (non-hydrogen) atoms. The van der Waals surface area contributed by atoms with Crippen molar-refractivity contribution >= 4 is 11.8 Å². The number of hydrogen-bond acceptors (Lipinski definition) is 3. The Morgan fingerprint density at radius 2 is 2.25 bits per heavy atom. The molecular formula is C5H12N2S. The molecule has 0 amide bonds. The quantitative estimate of drug-likeness (QED) is 0.414. The van der Waals surface area contributed by atoms with Gasteiger partial charge < -0.3 is 11.5 Å². The van der Waals surface area contributed by atoms with Gasteiger partial charge in [-0.3, -0.25) is 0 Å². The van der Waals surface area contributed by atoms with Gasteiger partial charge in [-0.25, -0.2) is 0 Å². The molecule has 4 N–H and O–H groups in total. The topological polar surface area (TPSA) is 52.0 Å². The Hall–Kier alpha value is 0.270. The van der Waals surface area contributed by atoms with Crippen LogP contribution in [0.1, 0.15) is 13.3 Å². The normalized spacial score (nSPS) is 36.0. The van der Waals surface area contributed by atoms with E-state index in [-0.39, 0.29) is 6.17 Å². The monoisotopic (exact) mass is 132 g/mol. The lowest BCUT2D eigenvalue weighted by Crippen LogP contribution is -2.34. The molecule has 1 saturated heterocycles. The highest BCUT2D eigenvalue weighted by molar-refractivity contribution is 8.07.